The van der Waals surface area contributed by atoms with Gasteiger partial charge in [-0.05, 0) is 57.2 Å². The number of hydrogen-bond donors (Lipinski definition) is 1. The number of carbonyl (C=O) groups excluding carboxylic acids is 1. The van der Waals surface area contributed by atoms with Crippen molar-refractivity contribution in [1.29, 1.82) is 0 Å². The largest absolute Gasteiger partial charge is 0.507 e. The lowest BCUT2D eigenvalue weighted by molar-refractivity contribution is -0.142. The van der Waals surface area contributed by atoms with Gasteiger partial charge in [0.25, 0.3) is 0 Å². The molecular formula is C17H24O4. The SMILES string of the molecule is CC(=O)OCC[C@@]1(C)CCc2c(C)c(O)c(C)c(C)c2O1. The van der Waals surface area contributed by atoms with E-state index in [4.69, 9.17) is 9.47 Å². The molecule has 4 heteroatoms. The summed E-state index contributed by atoms with van der Waals surface area (Å²) in [5, 5.41) is 10.2. The molecule has 0 aromatic heterocycles. The smallest absolute Gasteiger partial charge is 0.302 e. The van der Waals surface area contributed by atoms with Crippen molar-refractivity contribution in [3.63, 3.8) is 0 Å². The minimum atomic E-state index is -0.330. The van der Waals surface area contributed by atoms with Crippen LogP contribution in [0, 0.1) is 20.8 Å². The van der Waals surface area contributed by atoms with Gasteiger partial charge in [0, 0.05) is 18.9 Å². The first kappa shape index (κ1) is 15.7. The van der Waals surface area contributed by atoms with E-state index in [-0.39, 0.29) is 11.6 Å². The first-order valence-electron chi connectivity index (χ1n) is 7.39. The molecule has 1 aromatic carbocycles. The Balaban J connectivity index is 2.25. The minimum Gasteiger partial charge on any atom is -0.507 e. The molecule has 1 aromatic rings. The number of carbonyl (C=O) groups is 1. The van der Waals surface area contributed by atoms with Gasteiger partial charge in [-0.3, -0.25) is 4.79 Å². The molecular weight excluding hydrogens is 268 g/mol. The van der Waals surface area contributed by atoms with Crippen molar-refractivity contribution in [2.24, 2.45) is 0 Å². The molecule has 116 valence electrons. The van der Waals surface area contributed by atoms with E-state index in [1.807, 2.05) is 20.8 Å². The van der Waals surface area contributed by atoms with Crippen molar-refractivity contribution in [2.75, 3.05) is 6.61 Å². The van der Waals surface area contributed by atoms with Crippen LogP contribution in [0.2, 0.25) is 0 Å². The summed E-state index contributed by atoms with van der Waals surface area (Å²) in [7, 11) is 0. The highest BCUT2D eigenvalue weighted by Crippen LogP contribution is 2.43. The number of phenols is 1. The molecule has 21 heavy (non-hydrogen) atoms. The highest BCUT2D eigenvalue weighted by Gasteiger charge is 2.34. The van der Waals surface area contributed by atoms with Crippen molar-refractivity contribution in [1.82, 2.24) is 0 Å². The topological polar surface area (TPSA) is 55.8 Å². The van der Waals surface area contributed by atoms with E-state index < -0.39 is 0 Å². The Bertz CT molecular complexity index is 577. The molecule has 1 aliphatic rings. The van der Waals surface area contributed by atoms with E-state index in [0.29, 0.717) is 18.8 Å². The third-order valence-electron chi connectivity index (χ3n) is 4.53. The average Bonchev–Trinajstić information content (AvgIpc) is 2.42. The van der Waals surface area contributed by atoms with Crippen LogP contribution in [0.15, 0.2) is 0 Å². The summed E-state index contributed by atoms with van der Waals surface area (Å²) in [5.74, 6) is 1.00. The molecule has 1 N–H and O–H groups in total. The maximum Gasteiger partial charge on any atom is 0.302 e. The second kappa shape index (κ2) is 5.58. The van der Waals surface area contributed by atoms with Gasteiger partial charge in [0.2, 0.25) is 0 Å². The summed E-state index contributed by atoms with van der Waals surface area (Å²) in [5.41, 5.74) is 3.54. The summed E-state index contributed by atoms with van der Waals surface area (Å²) in [4.78, 5) is 10.9. The molecule has 2 rings (SSSR count). The third-order valence-corrected chi connectivity index (χ3v) is 4.53. The highest BCUT2D eigenvalue weighted by atomic mass is 16.5. The van der Waals surface area contributed by atoms with Gasteiger partial charge >= 0.3 is 5.97 Å². The minimum absolute atomic E-state index is 0.261. The molecule has 0 saturated carbocycles. The Morgan fingerprint density at radius 3 is 2.57 bits per heavy atom. The van der Waals surface area contributed by atoms with Crippen LogP contribution in [-0.2, 0) is 16.0 Å². The number of fused-ring (bicyclic) bond motifs is 1. The molecule has 1 atom stereocenters. The van der Waals surface area contributed by atoms with Gasteiger partial charge in [-0.1, -0.05) is 0 Å². The number of esters is 1. The summed E-state index contributed by atoms with van der Waals surface area (Å²) < 4.78 is 11.3. The molecule has 1 heterocycles. The van der Waals surface area contributed by atoms with E-state index in [0.717, 1.165) is 40.8 Å². The number of ether oxygens (including phenoxy) is 2. The molecule has 0 radical (unpaired) electrons. The van der Waals surface area contributed by atoms with Gasteiger partial charge in [0.05, 0.1) is 6.61 Å². The van der Waals surface area contributed by atoms with E-state index in [9.17, 15) is 9.90 Å². The van der Waals surface area contributed by atoms with Crippen molar-refractivity contribution >= 4 is 5.97 Å². The summed E-state index contributed by atoms with van der Waals surface area (Å²) in [6.07, 6.45) is 2.39. The second-order valence-electron chi connectivity index (χ2n) is 6.17. The predicted octanol–water partition coefficient (Wildman–Crippen LogP) is 3.35. The lowest BCUT2D eigenvalue weighted by Crippen LogP contribution is -2.38. The number of benzene rings is 1. The molecule has 0 spiro atoms. The first-order valence-corrected chi connectivity index (χ1v) is 7.39. The lowest BCUT2D eigenvalue weighted by Gasteiger charge is -2.37. The molecule has 1 aliphatic heterocycles. The maximum absolute atomic E-state index is 10.9. The number of hydrogen-bond acceptors (Lipinski definition) is 4. The quantitative estimate of drug-likeness (QED) is 0.868. The molecule has 0 fully saturated rings. The summed E-state index contributed by atoms with van der Waals surface area (Å²) in [6, 6.07) is 0. The van der Waals surface area contributed by atoms with Crippen molar-refractivity contribution in [3.05, 3.63) is 22.3 Å². The normalized spacial score (nSPS) is 20.6. The van der Waals surface area contributed by atoms with E-state index in [2.05, 4.69) is 6.92 Å². The zero-order valence-corrected chi connectivity index (χ0v) is 13.5. The number of phenolic OH excluding ortho intramolecular Hbond substituents is 1. The van der Waals surface area contributed by atoms with Gasteiger partial charge in [-0.15, -0.1) is 0 Å². The van der Waals surface area contributed by atoms with Crippen molar-refractivity contribution < 1.29 is 19.4 Å². The van der Waals surface area contributed by atoms with E-state index in [1.54, 1.807) is 0 Å². The molecule has 0 amide bonds. The maximum atomic E-state index is 10.9. The Morgan fingerprint density at radius 1 is 1.29 bits per heavy atom. The van der Waals surface area contributed by atoms with E-state index in [1.165, 1.54) is 6.92 Å². The Hall–Kier alpha value is -1.71. The molecule has 0 unspecified atom stereocenters. The molecule has 0 saturated heterocycles. The summed E-state index contributed by atoms with van der Waals surface area (Å²) >= 11 is 0. The lowest BCUT2D eigenvalue weighted by atomic mass is 9.86. The molecule has 0 bridgehead atoms. The standard InChI is InChI=1S/C17H24O4/c1-10-11(2)16-14(12(3)15(10)19)6-7-17(5,21-16)8-9-20-13(4)18/h19H,6-9H2,1-5H3/t17-/m1/s1. The zero-order valence-electron chi connectivity index (χ0n) is 13.5. The van der Waals surface area contributed by atoms with Crippen LogP contribution in [0.5, 0.6) is 11.5 Å². The van der Waals surface area contributed by atoms with Crippen LogP contribution < -0.4 is 4.74 Å². The van der Waals surface area contributed by atoms with E-state index >= 15 is 0 Å². The highest BCUT2D eigenvalue weighted by molar-refractivity contribution is 5.65. The first-order chi connectivity index (χ1) is 9.75. The average molecular weight is 292 g/mol. The van der Waals surface area contributed by atoms with Crippen molar-refractivity contribution in [2.45, 2.75) is 59.5 Å². The molecule has 0 aliphatic carbocycles. The monoisotopic (exact) mass is 292 g/mol. The van der Waals surface area contributed by atoms with Gasteiger partial charge in [0.15, 0.2) is 0 Å². The van der Waals surface area contributed by atoms with Gasteiger partial charge in [-0.2, -0.15) is 0 Å². The summed E-state index contributed by atoms with van der Waals surface area (Å²) in [6.45, 7) is 9.66. The fourth-order valence-electron chi connectivity index (χ4n) is 2.88. The fraction of sp³-hybridized carbons (Fsp3) is 0.588. The number of aromatic hydroxyl groups is 1. The Kier molecular flexibility index (Phi) is 4.17. The fourth-order valence-corrected chi connectivity index (χ4v) is 2.88. The number of rotatable bonds is 3. The van der Waals surface area contributed by atoms with Crippen LogP contribution >= 0.6 is 0 Å². The van der Waals surface area contributed by atoms with Crippen molar-refractivity contribution in [3.8, 4) is 11.5 Å². The van der Waals surface area contributed by atoms with Crippen LogP contribution in [0.25, 0.3) is 0 Å². The van der Waals surface area contributed by atoms with Crippen LogP contribution in [-0.4, -0.2) is 23.3 Å². The third kappa shape index (κ3) is 2.99. The van der Waals surface area contributed by atoms with Gasteiger partial charge < -0.3 is 14.6 Å². The second-order valence-corrected chi connectivity index (χ2v) is 6.17. The van der Waals surface area contributed by atoms with Crippen LogP contribution in [0.3, 0.4) is 0 Å². The van der Waals surface area contributed by atoms with Gasteiger partial charge in [-0.25, -0.2) is 0 Å². The van der Waals surface area contributed by atoms with Gasteiger partial charge in [0.1, 0.15) is 17.1 Å². The Morgan fingerprint density at radius 2 is 1.95 bits per heavy atom. The van der Waals surface area contributed by atoms with Crippen LogP contribution in [0.1, 0.15) is 48.9 Å². The Labute approximate surface area is 126 Å². The molecule has 4 nitrogen and oxygen atoms in total. The van der Waals surface area contributed by atoms with Crippen LogP contribution in [0.4, 0.5) is 0 Å². The zero-order chi connectivity index (χ0) is 15.8. The predicted molar refractivity (Wildman–Crippen MR) is 80.9 cm³/mol.